The number of ether oxygens (including phenoxy) is 1. The molecular formula is C12H14BrF3O. The number of halogens is 4. The molecule has 0 saturated carbocycles. The van der Waals surface area contributed by atoms with E-state index in [1.165, 1.54) is 6.07 Å². The number of benzene rings is 1. The van der Waals surface area contributed by atoms with Crippen LogP contribution in [-0.4, -0.2) is 11.9 Å². The van der Waals surface area contributed by atoms with Gasteiger partial charge < -0.3 is 4.74 Å². The monoisotopic (exact) mass is 310 g/mol. The van der Waals surface area contributed by atoms with Crippen molar-refractivity contribution in [3.63, 3.8) is 0 Å². The van der Waals surface area contributed by atoms with Gasteiger partial charge in [-0.2, -0.15) is 13.2 Å². The average Bonchev–Trinajstić information content (AvgIpc) is 2.28. The lowest BCUT2D eigenvalue weighted by Crippen LogP contribution is -2.05. The minimum Gasteiger partial charge on any atom is -0.494 e. The molecule has 0 amide bonds. The van der Waals surface area contributed by atoms with Crippen molar-refractivity contribution in [2.75, 3.05) is 11.9 Å². The molecule has 0 heterocycles. The predicted molar refractivity (Wildman–Crippen MR) is 64.6 cm³/mol. The van der Waals surface area contributed by atoms with Crippen molar-refractivity contribution in [3.05, 3.63) is 29.8 Å². The maximum Gasteiger partial charge on any atom is 0.416 e. The summed E-state index contributed by atoms with van der Waals surface area (Å²) in [6, 6.07) is 4.97. The first-order chi connectivity index (χ1) is 8.04. The lowest BCUT2D eigenvalue weighted by molar-refractivity contribution is -0.137. The molecule has 1 rings (SSSR count). The third-order valence-corrected chi connectivity index (χ3v) is 2.77. The van der Waals surface area contributed by atoms with Gasteiger partial charge in [-0.3, -0.25) is 0 Å². The molecule has 5 heteroatoms. The van der Waals surface area contributed by atoms with E-state index in [1.807, 2.05) is 0 Å². The standard InChI is InChI=1S/C12H14BrF3O/c13-7-2-1-3-8-17-11-6-4-5-10(9-11)12(14,15)16/h4-6,9H,1-3,7-8H2. The fourth-order valence-electron chi connectivity index (χ4n) is 1.33. The Bertz CT molecular complexity index is 339. The Hall–Kier alpha value is -0.710. The molecular weight excluding hydrogens is 297 g/mol. The van der Waals surface area contributed by atoms with Gasteiger partial charge in [0.25, 0.3) is 0 Å². The van der Waals surface area contributed by atoms with Gasteiger partial charge in [-0.15, -0.1) is 0 Å². The summed E-state index contributed by atoms with van der Waals surface area (Å²) in [5.41, 5.74) is -0.671. The van der Waals surface area contributed by atoms with Crippen molar-refractivity contribution in [3.8, 4) is 5.75 Å². The fourth-order valence-corrected chi connectivity index (χ4v) is 1.72. The van der Waals surface area contributed by atoms with Crippen LogP contribution >= 0.6 is 15.9 Å². The van der Waals surface area contributed by atoms with E-state index in [2.05, 4.69) is 15.9 Å². The first kappa shape index (κ1) is 14.4. The summed E-state index contributed by atoms with van der Waals surface area (Å²) in [4.78, 5) is 0. The van der Waals surface area contributed by atoms with Gasteiger partial charge >= 0.3 is 6.18 Å². The van der Waals surface area contributed by atoms with Crippen molar-refractivity contribution in [1.82, 2.24) is 0 Å². The van der Waals surface area contributed by atoms with E-state index in [-0.39, 0.29) is 5.75 Å². The summed E-state index contributed by atoms with van der Waals surface area (Å²) >= 11 is 3.31. The van der Waals surface area contributed by atoms with Gasteiger partial charge in [0.15, 0.2) is 0 Å². The van der Waals surface area contributed by atoms with Crippen molar-refractivity contribution in [1.29, 1.82) is 0 Å². The minimum atomic E-state index is -4.31. The van der Waals surface area contributed by atoms with Crippen LogP contribution in [0.1, 0.15) is 24.8 Å². The highest BCUT2D eigenvalue weighted by Gasteiger charge is 2.30. The Morgan fingerprint density at radius 2 is 1.88 bits per heavy atom. The summed E-state index contributed by atoms with van der Waals surface area (Å²) < 4.78 is 42.5. The summed E-state index contributed by atoms with van der Waals surface area (Å²) in [5, 5.41) is 0.941. The Morgan fingerprint density at radius 1 is 1.12 bits per heavy atom. The Kier molecular flexibility index (Phi) is 5.82. The van der Waals surface area contributed by atoms with Crippen molar-refractivity contribution in [2.45, 2.75) is 25.4 Å². The van der Waals surface area contributed by atoms with Gasteiger partial charge in [-0.1, -0.05) is 22.0 Å². The van der Waals surface area contributed by atoms with Crippen LogP contribution in [0, 0.1) is 0 Å². The molecule has 0 N–H and O–H groups in total. The molecule has 0 aromatic heterocycles. The largest absolute Gasteiger partial charge is 0.494 e. The van der Waals surface area contributed by atoms with E-state index in [4.69, 9.17) is 4.74 Å². The molecule has 1 aromatic carbocycles. The SMILES string of the molecule is FC(F)(F)c1cccc(OCCCCCBr)c1. The quantitative estimate of drug-likeness (QED) is 0.549. The summed E-state index contributed by atoms with van der Waals surface area (Å²) in [5.74, 6) is 0.277. The number of rotatable bonds is 6. The third kappa shape index (κ3) is 5.44. The maximum absolute atomic E-state index is 12.4. The number of alkyl halides is 4. The second-order valence-electron chi connectivity index (χ2n) is 3.62. The summed E-state index contributed by atoms with van der Waals surface area (Å²) in [6.45, 7) is 0.453. The zero-order chi connectivity index (χ0) is 12.7. The molecule has 0 aliphatic rings. The summed E-state index contributed by atoms with van der Waals surface area (Å²) in [6.07, 6.45) is -1.41. The fraction of sp³-hybridized carbons (Fsp3) is 0.500. The normalized spacial score (nSPS) is 11.5. The van der Waals surface area contributed by atoms with Crippen LogP contribution in [0.3, 0.4) is 0 Å². The van der Waals surface area contributed by atoms with Crippen LogP contribution < -0.4 is 4.74 Å². The van der Waals surface area contributed by atoms with E-state index in [0.717, 1.165) is 36.7 Å². The van der Waals surface area contributed by atoms with Crippen LogP contribution in [0.5, 0.6) is 5.75 Å². The topological polar surface area (TPSA) is 9.23 Å². The highest BCUT2D eigenvalue weighted by molar-refractivity contribution is 9.09. The van der Waals surface area contributed by atoms with E-state index in [0.29, 0.717) is 6.61 Å². The Labute approximate surface area is 107 Å². The van der Waals surface area contributed by atoms with Gasteiger partial charge in [0.2, 0.25) is 0 Å². The van der Waals surface area contributed by atoms with Crippen LogP contribution in [0.2, 0.25) is 0 Å². The minimum absolute atomic E-state index is 0.277. The first-order valence-electron chi connectivity index (χ1n) is 5.40. The van der Waals surface area contributed by atoms with Crippen LogP contribution in [0.4, 0.5) is 13.2 Å². The molecule has 0 saturated heterocycles. The van der Waals surface area contributed by atoms with Gasteiger partial charge in [-0.05, 0) is 37.5 Å². The number of hydrogen-bond donors (Lipinski definition) is 0. The molecule has 0 atom stereocenters. The molecule has 17 heavy (non-hydrogen) atoms. The van der Waals surface area contributed by atoms with Crippen molar-refractivity contribution < 1.29 is 17.9 Å². The zero-order valence-corrected chi connectivity index (χ0v) is 10.9. The van der Waals surface area contributed by atoms with Crippen molar-refractivity contribution in [2.24, 2.45) is 0 Å². The Morgan fingerprint density at radius 3 is 2.53 bits per heavy atom. The van der Waals surface area contributed by atoms with Crippen LogP contribution in [0.25, 0.3) is 0 Å². The van der Waals surface area contributed by atoms with E-state index < -0.39 is 11.7 Å². The highest BCUT2D eigenvalue weighted by atomic mass is 79.9. The van der Waals surface area contributed by atoms with Gasteiger partial charge in [0.1, 0.15) is 5.75 Å². The second kappa shape index (κ2) is 6.89. The number of hydrogen-bond acceptors (Lipinski definition) is 1. The predicted octanol–water partition coefficient (Wildman–Crippen LogP) is 4.65. The smallest absolute Gasteiger partial charge is 0.416 e. The van der Waals surface area contributed by atoms with E-state index in [1.54, 1.807) is 6.07 Å². The molecule has 96 valence electrons. The van der Waals surface area contributed by atoms with Gasteiger partial charge in [-0.25, -0.2) is 0 Å². The molecule has 0 unspecified atom stereocenters. The second-order valence-corrected chi connectivity index (χ2v) is 4.42. The molecule has 0 aliphatic carbocycles. The summed E-state index contributed by atoms with van der Waals surface area (Å²) in [7, 11) is 0. The van der Waals surface area contributed by atoms with E-state index in [9.17, 15) is 13.2 Å². The third-order valence-electron chi connectivity index (χ3n) is 2.21. The zero-order valence-electron chi connectivity index (χ0n) is 9.27. The molecule has 1 aromatic rings. The van der Waals surface area contributed by atoms with Crippen molar-refractivity contribution >= 4 is 15.9 Å². The molecule has 0 bridgehead atoms. The molecule has 0 aliphatic heterocycles. The number of unbranched alkanes of at least 4 members (excludes halogenated alkanes) is 2. The van der Waals surface area contributed by atoms with E-state index >= 15 is 0 Å². The molecule has 0 fully saturated rings. The lowest BCUT2D eigenvalue weighted by atomic mass is 10.2. The van der Waals surface area contributed by atoms with Crippen LogP contribution in [0.15, 0.2) is 24.3 Å². The maximum atomic E-state index is 12.4. The molecule has 1 nitrogen and oxygen atoms in total. The van der Waals surface area contributed by atoms with Gasteiger partial charge in [0, 0.05) is 5.33 Å². The molecule has 0 radical (unpaired) electrons. The van der Waals surface area contributed by atoms with Gasteiger partial charge in [0.05, 0.1) is 12.2 Å². The highest BCUT2D eigenvalue weighted by Crippen LogP contribution is 2.31. The average molecular weight is 311 g/mol. The Balaban J connectivity index is 2.44. The molecule has 0 spiro atoms. The van der Waals surface area contributed by atoms with Crippen LogP contribution in [-0.2, 0) is 6.18 Å². The lowest BCUT2D eigenvalue weighted by Gasteiger charge is -2.10. The first-order valence-corrected chi connectivity index (χ1v) is 6.52.